The van der Waals surface area contributed by atoms with Crippen molar-refractivity contribution in [3.63, 3.8) is 0 Å². The Morgan fingerprint density at radius 1 is 0.920 bits per heavy atom. The molecule has 2 saturated heterocycles. The van der Waals surface area contributed by atoms with Crippen LogP contribution in [0.4, 0.5) is 9.18 Å². The minimum Gasteiger partial charge on any atom is -0.444 e. The summed E-state index contributed by atoms with van der Waals surface area (Å²) < 4.78 is 48.6. The zero-order valence-electron chi connectivity index (χ0n) is 29.1. The second kappa shape index (κ2) is 15.1. The summed E-state index contributed by atoms with van der Waals surface area (Å²) in [4.78, 5) is 57.0. The van der Waals surface area contributed by atoms with Crippen molar-refractivity contribution in [2.75, 3.05) is 6.54 Å². The number of carbonyl (C=O) groups is 4. The number of fused-ring (bicyclic) bond motifs is 2. The predicted octanol–water partition coefficient (Wildman–Crippen LogP) is 6.46. The number of nitrogens with one attached hydrogen (secondary N) is 1. The fourth-order valence-corrected chi connectivity index (χ4v) is 10.2. The Balaban J connectivity index is 1.12. The van der Waals surface area contributed by atoms with E-state index in [0.717, 1.165) is 63.4 Å². The Bertz CT molecular complexity index is 1590. The average molecular weight is 714 g/mol. The molecule has 5 aliphatic rings. The lowest BCUT2D eigenvalue weighted by Gasteiger charge is -2.24. The van der Waals surface area contributed by atoms with Crippen LogP contribution >= 0.6 is 0 Å². The van der Waals surface area contributed by atoms with Gasteiger partial charge in [-0.25, -0.2) is 17.6 Å². The first-order valence-corrected chi connectivity index (χ1v) is 20.2. The highest BCUT2D eigenvalue weighted by Crippen LogP contribution is 2.58. The lowest BCUT2D eigenvalue weighted by molar-refractivity contribution is -0.137. The van der Waals surface area contributed by atoms with Crippen molar-refractivity contribution in [1.29, 1.82) is 0 Å². The van der Waals surface area contributed by atoms with E-state index in [-0.39, 0.29) is 55.9 Å². The van der Waals surface area contributed by atoms with Crippen LogP contribution in [-0.4, -0.2) is 65.3 Å². The van der Waals surface area contributed by atoms with Crippen molar-refractivity contribution in [2.24, 2.45) is 11.3 Å². The summed E-state index contributed by atoms with van der Waals surface area (Å²) in [6.45, 7) is 4.30. The molecule has 2 saturated carbocycles. The number of amides is 3. The van der Waals surface area contributed by atoms with Crippen molar-refractivity contribution in [1.82, 2.24) is 14.5 Å². The van der Waals surface area contributed by atoms with E-state index in [0.29, 0.717) is 50.5 Å². The Hall–Kier alpha value is -3.28. The van der Waals surface area contributed by atoms with Crippen LogP contribution in [0, 0.1) is 17.2 Å². The molecule has 12 heteroatoms. The Kier molecular flexibility index (Phi) is 11.1. The molecule has 0 bridgehead atoms. The molecule has 1 aromatic carbocycles. The predicted molar refractivity (Wildman–Crippen MR) is 185 cm³/mol. The van der Waals surface area contributed by atoms with Crippen LogP contribution in [0.2, 0.25) is 0 Å². The number of Topliss-reactive ketones (excluding diaryl/α,β-unsaturated/α-hetero) is 1. The maximum Gasteiger partial charge on any atom is 0.410 e. The summed E-state index contributed by atoms with van der Waals surface area (Å²) in [6.07, 6.45) is 12.6. The molecule has 0 aromatic heterocycles. The first-order chi connectivity index (χ1) is 24.0. The molecule has 10 nitrogen and oxygen atoms in total. The van der Waals surface area contributed by atoms with Crippen LogP contribution in [0.25, 0.3) is 0 Å². The van der Waals surface area contributed by atoms with Gasteiger partial charge in [0, 0.05) is 31.4 Å². The van der Waals surface area contributed by atoms with Gasteiger partial charge in [0.25, 0.3) is 0 Å². The number of hydrogen-bond donors (Lipinski definition) is 1. The van der Waals surface area contributed by atoms with Gasteiger partial charge in [-0.15, -0.1) is 6.58 Å². The number of hydrogen-bond acceptors (Lipinski definition) is 7. The summed E-state index contributed by atoms with van der Waals surface area (Å²) in [6, 6.07) is 4.00. The largest absolute Gasteiger partial charge is 0.444 e. The molecular weight excluding hydrogens is 661 g/mol. The molecule has 0 unspecified atom stereocenters. The van der Waals surface area contributed by atoms with Crippen LogP contribution < -0.4 is 4.72 Å². The van der Waals surface area contributed by atoms with E-state index in [9.17, 15) is 32.0 Å². The monoisotopic (exact) mass is 713 g/mol. The first kappa shape index (κ1) is 36.5. The highest BCUT2D eigenvalue weighted by atomic mass is 32.2. The Labute approximate surface area is 295 Å². The lowest BCUT2D eigenvalue weighted by atomic mass is 9.93. The number of halogens is 1. The second-order valence-electron chi connectivity index (χ2n) is 15.4. The van der Waals surface area contributed by atoms with E-state index in [1.54, 1.807) is 23.1 Å². The SMILES string of the molecule is C=C[C@@H]1C[C@@]12CCCC(=O)[C@@H]1C[C@@H](OC(=O)N3Cc4cccc(F)c4C3)CN1C(=O)CCCCCCCCCCCC1(CC1)S(=O)(=O)NC2=O. The van der Waals surface area contributed by atoms with Gasteiger partial charge in [0.05, 0.1) is 29.3 Å². The minimum absolute atomic E-state index is 0.0991. The summed E-state index contributed by atoms with van der Waals surface area (Å²) in [5, 5.41) is 0. The zero-order valence-corrected chi connectivity index (χ0v) is 30.0. The molecule has 3 heterocycles. The third-order valence-corrected chi connectivity index (χ3v) is 14.2. The van der Waals surface area contributed by atoms with E-state index in [2.05, 4.69) is 11.3 Å². The van der Waals surface area contributed by atoms with Crippen LogP contribution in [0.15, 0.2) is 30.9 Å². The van der Waals surface area contributed by atoms with Gasteiger partial charge in [-0.3, -0.25) is 24.0 Å². The van der Waals surface area contributed by atoms with Gasteiger partial charge in [-0.1, -0.05) is 69.6 Å². The van der Waals surface area contributed by atoms with Gasteiger partial charge in [0.15, 0.2) is 5.78 Å². The summed E-state index contributed by atoms with van der Waals surface area (Å²) in [7, 11) is -3.84. The molecular formula is C38H52FN3O7S. The van der Waals surface area contributed by atoms with Crippen LogP contribution in [0.5, 0.6) is 0 Å². The quantitative estimate of drug-likeness (QED) is 0.348. The van der Waals surface area contributed by atoms with Gasteiger partial charge in [-0.2, -0.15) is 0 Å². The molecule has 4 atom stereocenters. The molecule has 3 amide bonds. The standard InChI is InChI=1S/C38H52FN3O7S/c1-2-28-23-38(28)19-13-16-33(43)32-22-29(49-36(46)41-24-27-14-12-15-31(39)30(27)26-41)25-42(32)34(44)17-10-8-6-4-3-5-7-9-11-18-37(20-21-37)50(47,48)40-35(38)45/h2,12,14-15,28-29,32H,1,3-11,13,16-26H2,(H,40,45)/t28-,29-,32+,38+/m1/s1. The van der Waals surface area contributed by atoms with Crippen molar-refractivity contribution in [2.45, 2.75) is 146 Å². The number of benzene rings is 1. The zero-order chi connectivity index (χ0) is 35.5. The van der Waals surface area contributed by atoms with E-state index in [1.165, 1.54) is 11.0 Å². The Morgan fingerprint density at radius 2 is 1.62 bits per heavy atom. The Morgan fingerprint density at radius 3 is 2.28 bits per heavy atom. The van der Waals surface area contributed by atoms with Crippen molar-refractivity contribution in [3.8, 4) is 0 Å². The highest BCUT2D eigenvalue weighted by Gasteiger charge is 2.61. The van der Waals surface area contributed by atoms with E-state index in [4.69, 9.17) is 4.74 Å². The normalized spacial score (nSPS) is 30.7. The maximum absolute atomic E-state index is 14.3. The molecule has 4 fully saturated rings. The molecule has 6 rings (SSSR count). The van der Waals surface area contributed by atoms with Gasteiger partial charge in [0.1, 0.15) is 11.9 Å². The van der Waals surface area contributed by atoms with Crippen molar-refractivity contribution in [3.05, 3.63) is 47.8 Å². The molecule has 0 radical (unpaired) electrons. The fraction of sp³-hybridized carbons (Fsp3) is 0.684. The van der Waals surface area contributed by atoms with Crippen LogP contribution in [0.3, 0.4) is 0 Å². The second-order valence-corrected chi connectivity index (χ2v) is 17.4. The number of rotatable bonds is 2. The van der Waals surface area contributed by atoms with Crippen LogP contribution in [0.1, 0.15) is 127 Å². The minimum atomic E-state index is -3.84. The molecule has 2 spiro atoms. The fourth-order valence-electron chi connectivity index (χ4n) is 8.47. The van der Waals surface area contributed by atoms with Gasteiger partial charge >= 0.3 is 6.09 Å². The summed E-state index contributed by atoms with van der Waals surface area (Å²) in [5.74, 6) is -1.35. The smallest absolute Gasteiger partial charge is 0.410 e. The van der Waals surface area contributed by atoms with Crippen molar-refractivity contribution >= 4 is 33.7 Å². The molecule has 50 heavy (non-hydrogen) atoms. The number of nitrogens with zero attached hydrogens (tertiary/aromatic N) is 2. The lowest BCUT2D eigenvalue weighted by Crippen LogP contribution is -2.44. The molecule has 2 aliphatic carbocycles. The number of carbonyl (C=O) groups excluding carboxylic acids is 4. The van der Waals surface area contributed by atoms with Crippen molar-refractivity contribution < 1.29 is 36.7 Å². The van der Waals surface area contributed by atoms with E-state index < -0.39 is 44.3 Å². The molecule has 1 aromatic rings. The molecule has 3 aliphatic heterocycles. The van der Waals surface area contributed by atoms with E-state index in [1.807, 2.05) is 0 Å². The highest BCUT2D eigenvalue weighted by molar-refractivity contribution is 7.91. The first-order valence-electron chi connectivity index (χ1n) is 18.7. The van der Waals surface area contributed by atoms with Crippen LogP contribution in [-0.2, 0) is 42.2 Å². The third-order valence-electron chi connectivity index (χ3n) is 12.0. The van der Waals surface area contributed by atoms with Gasteiger partial charge < -0.3 is 9.64 Å². The van der Waals surface area contributed by atoms with Gasteiger partial charge in [0.2, 0.25) is 21.8 Å². The van der Waals surface area contributed by atoms with E-state index >= 15 is 0 Å². The number of sulfonamides is 1. The van der Waals surface area contributed by atoms with Gasteiger partial charge in [-0.05, 0) is 62.5 Å². The molecule has 1 N–H and O–H groups in total. The number of ether oxygens (including phenoxy) is 1. The number of allylic oxidation sites excluding steroid dienone is 1. The third kappa shape index (κ3) is 7.79. The summed E-state index contributed by atoms with van der Waals surface area (Å²) in [5.41, 5.74) is 0.275. The molecule has 274 valence electrons. The topological polar surface area (TPSA) is 130 Å². The average Bonchev–Trinajstić information content (AvgIpc) is 3.93. The number of ketones is 1. The maximum atomic E-state index is 14.3. The summed E-state index contributed by atoms with van der Waals surface area (Å²) >= 11 is 0.